The summed E-state index contributed by atoms with van der Waals surface area (Å²) in [5.74, 6) is 0. The number of hydrogen-bond acceptors (Lipinski definition) is 2. The molecule has 0 aliphatic carbocycles. The lowest BCUT2D eigenvalue weighted by Crippen LogP contribution is -2.41. The van der Waals surface area contributed by atoms with Gasteiger partial charge in [0.15, 0.2) is 0 Å². The van der Waals surface area contributed by atoms with Crippen LogP contribution in [-0.4, -0.2) is 10.1 Å². The van der Waals surface area contributed by atoms with E-state index in [1.165, 1.54) is 0 Å². The van der Waals surface area contributed by atoms with Crippen LogP contribution in [0.3, 0.4) is 0 Å². The lowest BCUT2D eigenvalue weighted by atomic mass is 9.68. The van der Waals surface area contributed by atoms with Gasteiger partial charge in [-0.25, -0.2) is 0 Å². The number of halogens is 2. The molecular formula is C25H27Cl2NO. The zero-order chi connectivity index (χ0) is 21.4. The second-order valence-electron chi connectivity index (χ2n) is 8.95. The minimum absolute atomic E-state index is 0.410. The third-order valence-electron chi connectivity index (χ3n) is 5.43. The predicted molar refractivity (Wildman–Crippen MR) is 122 cm³/mol. The van der Waals surface area contributed by atoms with E-state index in [0.717, 1.165) is 22.3 Å². The van der Waals surface area contributed by atoms with Gasteiger partial charge in [0, 0.05) is 28.5 Å². The van der Waals surface area contributed by atoms with E-state index in [9.17, 15) is 5.11 Å². The molecule has 0 spiro atoms. The van der Waals surface area contributed by atoms with E-state index in [0.29, 0.717) is 10.6 Å². The lowest BCUT2D eigenvalue weighted by molar-refractivity contribution is -0.0261. The smallest absolute Gasteiger partial charge is 0.122 e. The molecule has 152 valence electrons. The highest BCUT2D eigenvalue weighted by molar-refractivity contribution is 6.31. The molecule has 0 amide bonds. The fourth-order valence-corrected chi connectivity index (χ4v) is 4.06. The van der Waals surface area contributed by atoms with Crippen molar-refractivity contribution < 1.29 is 5.11 Å². The summed E-state index contributed by atoms with van der Waals surface area (Å²) in [5.41, 5.74) is 2.71. The van der Waals surface area contributed by atoms with Crippen LogP contribution >= 0.6 is 23.2 Å². The molecule has 0 saturated carbocycles. The molecule has 4 heteroatoms. The first-order valence-electron chi connectivity index (χ1n) is 9.67. The van der Waals surface area contributed by atoms with Crippen molar-refractivity contribution in [2.75, 3.05) is 0 Å². The molecular weight excluding hydrogens is 401 g/mol. The first-order chi connectivity index (χ1) is 13.4. The summed E-state index contributed by atoms with van der Waals surface area (Å²) >= 11 is 13.1. The van der Waals surface area contributed by atoms with Crippen molar-refractivity contribution in [1.82, 2.24) is 4.98 Å². The van der Waals surface area contributed by atoms with E-state index >= 15 is 0 Å². The van der Waals surface area contributed by atoms with Crippen LogP contribution in [0.25, 0.3) is 11.1 Å². The molecule has 0 aliphatic heterocycles. The van der Waals surface area contributed by atoms with Crippen molar-refractivity contribution in [2.24, 2.45) is 5.41 Å². The fourth-order valence-electron chi connectivity index (χ4n) is 3.62. The van der Waals surface area contributed by atoms with Crippen molar-refractivity contribution in [2.45, 2.75) is 45.1 Å². The van der Waals surface area contributed by atoms with Gasteiger partial charge in [-0.3, -0.25) is 4.98 Å². The van der Waals surface area contributed by atoms with Crippen LogP contribution in [0.4, 0.5) is 0 Å². The molecule has 3 aromatic rings. The third kappa shape index (κ3) is 4.21. The largest absolute Gasteiger partial charge is 0.380 e. The van der Waals surface area contributed by atoms with E-state index < -0.39 is 15.9 Å². The van der Waals surface area contributed by atoms with E-state index in [1.54, 1.807) is 12.4 Å². The van der Waals surface area contributed by atoms with Gasteiger partial charge < -0.3 is 5.11 Å². The fraction of sp³-hybridized carbons (Fsp3) is 0.320. The zero-order valence-electron chi connectivity index (χ0n) is 17.5. The van der Waals surface area contributed by atoms with Crippen LogP contribution in [0.5, 0.6) is 0 Å². The monoisotopic (exact) mass is 427 g/mol. The van der Waals surface area contributed by atoms with Gasteiger partial charge in [-0.05, 0) is 48.1 Å². The molecule has 2 aromatic carbocycles. The minimum atomic E-state index is -1.27. The standard InChI is InChI=1S/C25H27Cl2NO/c1-23(2,3)25(29,20-7-6-14-28-16-20)21-13-10-18(15-22(21)26)17-8-11-19(12-9-17)24(4,5)27/h6-16,29H,1-5H3. The molecule has 1 unspecified atom stereocenters. The molecule has 1 aromatic heterocycles. The lowest BCUT2D eigenvalue weighted by Gasteiger charge is -2.41. The summed E-state index contributed by atoms with van der Waals surface area (Å²) in [4.78, 5) is 3.79. The van der Waals surface area contributed by atoms with Gasteiger partial charge in [0.25, 0.3) is 0 Å². The minimum Gasteiger partial charge on any atom is -0.380 e. The number of aromatic nitrogens is 1. The predicted octanol–water partition coefficient (Wildman–Crippen LogP) is 7.16. The van der Waals surface area contributed by atoms with Gasteiger partial charge in [0.05, 0.1) is 4.87 Å². The number of alkyl halides is 1. The Hall–Kier alpha value is -1.87. The van der Waals surface area contributed by atoms with E-state index in [2.05, 4.69) is 4.98 Å². The molecule has 3 rings (SSSR count). The van der Waals surface area contributed by atoms with Crippen LogP contribution in [0.2, 0.25) is 5.02 Å². The highest BCUT2D eigenvalue weighted by Crippen LogP contribution is 2.47. The van der Waals surface area contributed by atoms with Crippen molar-refractivity contribution in [3.8, 4) is 11.1 Å². The molecule has 1 N–H and O–H groups in total. The molecule has 2 nitrogen and oxygen atoms in total. The van der Waals surface area contributed by atoms with Crippen LogP contribution in [0.15, 0.2) is 67.0 Å². The van der Waals surface area contributed by atoms with E-state index in [-0.39, 0.29) is 0 Å². The average Bonchev–Trinajstić information content (AvgIpc) is 2.66. The molecule has 29 heavy (non-hydrogen) atoms. The topological polar surface area (TPSA) is 33.1 Å². The quantitative estimate of drug-likeness (QED) is 0.448. The Morgan fingerprint density at radius 3 is 1.93 bits per heavy atom. The second kappa shape index (κ2) is 7.75. The summed E-state index contributed by atoms with van der Waals surface area (Å²) in [6, 6.07) is 17.7. The summed E-state index contributed by atoms with van der Waals surface area (Å²) in [5, 5.41) is 12.3. The van der Waals surface area contributed by atoms with Gasteiger partial charge >= 0.3 is 0 Å². The maximum Gasteiger partial charge on any atom is 0.122 e. The molecule has 0 bridgehead atoms. The molecule has 0 saturated heterocycles. The Morgan fingerprint density at radius 1 is 0.828 bits per heavy atom. The van der Waals surface area contributed by atoms with Crippen LogP contribution in [0, 0.1) is 5.41 Å². The van der Waals surface area contributed by atoms with Crippen molar-refractivity contribution in [1.29, 1.82) is 0 Å². The summed E-state index contributed by atoms with van der Waals surface area (Å²) in [6.45, 7) is 9.94. The highest BCUT2D eigenvalue weighted by atomic mass is 35.5. The van der Waals surface area contributed by atoms with E-state index in [4.69, 9.17) is 23.2 Å². The highest BCUT2D eigenvalue weighted by Gasteiger charge is 2.44. The normalized spacial score (nSPS) is 14.5. The number of pyridine rings is 1. The molecule has 0 aliphatic rings. The Bertz CT molecular complexity index is 986. The Kier molecular flexibility index (Phi) is 5.84. The molecule has 0 radical (unpaired) electrons. The van der Waals surface area contributed by atoms with Crippen LogP contribution < -0.4 is 0 Å². The van der Waals surface area contributed by atoms with Gasteiger partial charge in [0.2, 0.25) is 0 Å². The third-order valence-corrected chi connectivity index (χ3v) is 5.96. The number of benzene rings is 2. The van der Waals surface area contributed by atoms with Crippen molar-refractivity contribution >= 4 is 23.2 Å². The van der Waals surface area contributed by atoms with Gasteiger partial charge in [-0.2, -0.15) is 0 Å². The molecule has 1 atom stereocenters. The van der Waals surface area contributed by atoms with Gasteiger partial charge in [-0.1, -0.05) is 74.8 Å². The van der Waals surface area contributed by atoms with Crippen LogP contribution in [0.1, 0.15) is 51.3 Å². The molecule has 0 fully saturated rings. The van der Waals surface area contributed by atoms with Crippen LogP contribution in [-0.2, 0) is 10.5 Å². The molecule has 1 heterocycles. The maximum absolute atomic E-state index is 11.8. The first kappa shape index (κ1) is 21.8. The van der Waals surface area contributed by atoms with Gasteiger partial charge in [-0.15, -0.1) is 11.6 Å². The maximum atomic E-state index is 11.8. The Balaban J connectivity index is 2.06. The number of hydrogen-bond donors (Lipinski definition) is 1. The Labute approximate surface area is 183 Å². The summed E-state index contributed by atoms with van der Waals surface area (Å²) in [6.07, 6.45) is 3.39. The second-order valence-corrected chi connectivity index (χ2v) is 10.3. The summed E-state index contributed by atoms with van der Waals surface area (Å²) < 4.78 is 0. The SMILES string of the molecule is CC(C)(Cl)c1ccc(-c2ccc(C(O)(c3cccnc3)C(C)(C)C)c(Cl)c2)cc1. The summed E-state index contributed by atoms with van der Waals surface area (Å²) in [7, 11) is 0. The number of rotatable bonds is 4. The van der Waals surface area contributed by atoms with Crippen molar-refractivity contribution in [3.63, 3.8) is 0 Å². The first-order valence-corrected chi connectivity index (χ1v) is 10.4. The van der Waals surface area contributed by atoms with Gasteiger partial charge in [0.1, 0.15) is 5.60 Å². The number of aliphatic hydroxyl groups is 1. The van der Waals surface area contributed by atoms with E-state index in [1.807, 2.05) is 89.2 Å². The number of nitrogens with zero attached hydrogens (tertiary/aromatic N) is 1. The van der Waals surface area contributed by atoms with Crippen molar-refractivity contribution in [3.05, 3.63) is 88.7 Å². The average molecular weight is 428 g/mol. The zero-order valence-corrected chi connectivity index (χ0v) is 19.0. The Morgan fingerprint density at radius 2 is 1.45 bits per heavy atom.